The molecule has 0 spiro atoms. The number of hydrogen-bond acceptors (Lipinski definition) is 6. The van der Waals surface area contributed by atoms with Gasteiger partial charge in [-0.3, -0.25) is 4.79 Å². The molecule has 7 nitrogen and oxygen atoms in total. The highest BCUT2D eigenvalue weighted by Gasteiger charge is 2.18. The second-order valence-electron chi connectivity index (χ2n) is 6.18. The third-order valence-electron chi connectivity index (χ3n) is 3.98. The number of halogens is 1. The second kappa shape index (κ2) is 8.26. The Kier molecular flexibility index (Phi) is 5.80. The quantitative estimate of drug-likeness (QED) is 0.672. The number of aryl methyl sites for hydroxylation is 2. The summed E-state index contributed by atoms with van der Waals surface area (Å²) >= 11 is 1.29. The van der Waals surface area contributed by atoms with Crippen LogP contribution in [0.15, 0.2) is 30.6 Å². The van der Waals surface area contributed by atoms with Crippen molar-refractivity contribution in [2.75, 3.05) is 6.54 Å². The maximum atomic E-state index is 12.9. The molecule has 0 aliphatic heterocycles. The summed E-state index contributed by atoms with van der Waals surface area (Å²) in [6.45, 7) is 4.44. The molecule has 1 unspecified atom stereocenters. The number of ether oxygens (including phenoxy) is 1. The van der Waals surface area contributed by atoms with Crippen molar-refractivity contribution in [2.45, 2.75) is 26.4 Å². The number of rotatable bonds is 7. The van der Waals surface area contributed by atoms with Crippen molar-refractivity contribution in [1.29, 1.82) is 0 Å². The van der Waals surface area contributed by atoms with Gasteiger partial charge < -0.3 is 14.6 Å². The lowest BCUT2D eigenvalue weighted by atomic mass is 10.1. The summed E-state index contributed by atoms with van der Waals surface area (Å²) < 4.78 is 20.3. The van der Waals surface area contributed by atoms with E-state index in [0.717, 1.165) is 5.82 Å². The van der Waals surface area contributed by atoms with Crippen molar-refractivity contribution in [3.8, 4) is 5.75 Å². The minimum Gasteiger partial charge on any atom is -0.486 e. The summed E-state index contributed by atoms with van der Waals surface area (Å²) in [5, 5.41) is 11.5. The van der Waals surface area contributed by atoms with Gasteiger partial charge in [0.05, 0.1) is 5.69 Å². The van der Waals surface area contributed by atoms with E-state index in [9.17, 15) is 9.18 Å². The second-order valence-corrected chi connectivity index (χ2v) is 7.26. The number of amides is 1. The van der Waals surface area contributed by atoms with Crippen molar-refractivity contribution < 1.29 is 13.9 Å². The van der Waals surface area contributed by atoms with E-state index in [1.165, 1.54) is 23.5 Å². The number of benzene rings is 1. The molecule has 0 aliphatic rings. The third-order valence-corrected chi connectivity index (χ3v) is 5.11. The molecule has 0 saturated carbocycles. The van der Waals surface area contributed by atoms with Crippen LogP contribution in [0.25, 0.3) is 0 Å². The molecule has 9 heteroatoms. The Morgan fingerprint density at radius 3 is 2.78 bits per heavy atom. The van der Waals surface area contributed by atoms with Crippen LogP contribution in [0.4, 0.5) is 4.39 Å². The van der Waals surface area contributed by atoms with Gasteiger partial charge in [-0.15, -0.1) is 21.5 Å². The van der Waals surface area contributed by atoms with Gasteiger partial charge in [0.25, 0.3) is 5.91 Å². The molecule has 0 radical (unpaired) electrons. The molecule has 1 atom stereocenters. The van der Waals surface area contributed by atoms with Crippen LogP contribution in [-0.2, 0) is 13.7 Å². The van der Waals surface area contributed by atoms with Crippen LogP contribution in [0.1, 0.15) is 39.0 Å². The predicted octanol–water partition coefficient (Wildman–Crippen LogP) is 2.83. The fraction of sp³-hybridized carbons (Fsp3) is 0.333. The fourth-order valence-corrected chi connectivity index (χ4v) is 3.45. The Morgan fingerprint density at radius 1 is 1.37 bits per heavy atom. The first-order chi connectivity index (χ1) is 12.9. The first-order valence-corrected chi connectivity index (χ1v) is 9.22. The SMILES string of the molecule is Cc1nc(COc2ccc(F)cc2)sc1C(=O)NCC(C)c1nncn1C. The van der Waals surface area contributed by atoms with Crippen molar-refractivity contribution in [1.82, 2.24) is 25.1 Å². The molecule has 3 rings (SSSR count). The molecule has 2 aromatic heterocycles. The molecular weight excluding hydrogens is 369 g/mol. The van der Waals surface area contributed by atoms with Gasteiger partial charge in [-0.25, -0.2) is 9.37 Å². The Labute approximate surface area is 160 Å². The van der Waals surface area contributed by atoms with Crippen LogP contribution in [0, 0.1) is 12.7 Å². The number of nitrogens with zero attached hydrogens (tertiary/aromatic N) is 4. The Balaban J connectivity index is 1.57. The van der Waals surface area contributed by atoms with Crippen LogP contribution >= 0.6 is 11.3 Å². The van der Waals surface area contributed by atoms with E-state index in [4.69, 9.17) is 4.74 Å². The maximum absolute atomic E-state index is 12.9. The number of aromatic nitrogens is 4. The number of thiazole rings is 1. The van der Waals surface area contributed by atoms with Crippen LogP contribution < -0.4 is 10.1 Å². The molecule has 27 heavy (non-hydrogen) atoms. The zero-order valence-corrected chi connectivity index (χ0v) is 16.1. The molecule has 0 fully saturated rings. The van der Waals surface area contributed by atoms with Crippen molar-refractivity contribution in [3.05, 3.63) is 57.8 Å². The molecule has 142 valence electrons. The number of carbonyl (C=O) groups is 1. The van der Waals surface area contributed by atoms with Crippen LogP contribution in [0.2, 0.25) is 0 Å². The average Bonchev–Trinajstić information content (AvgIpc) is 3.24. The van der Waals surface area contributed by atoms with Gasteiger partial charge in [-0.2, -0.15) is 0 Å². The first kappa shape index (κ1) is 19.0. The van der Waals surface area contributed by atoms with Gasteiger partial charge in [0, 0.05) is 19.5 Å². The van der Waals surface area contributed by atoms with Crippen molar-refractivity contribution in [3.63, 3.8) is 0 Å². The van der Waals surface area contributed by atoms with E-state index in [1.54, 1.807) is 25.4 Å². The highest BCUT2D eigenvalue weighted by atomic mass is 32.1. The normalized spacial score (nSPS) is 12.0. The molecule has 2 heterocycles. The number of hydrogen-bond donors (Lipinski definition) is 1. The molecule has 1 N–H and O–H groups in total. The summed E-state index contributed by atoms with van der Waals surface area (Å²) in [5.74, 6) is 0.905. The monoisotopic (exact) mass is 389 g/mol. The lowest BCUT2D eigenvalue weighted by molar-refractivity contribution is 0.0954. The minimum absolute atomic E-state index is 0.0379. The van der Waals surface area contributed by atoms with E-state index in [1.807, 2.05) is 18.5 Å². The summed E-state index contributed by atoms with van der Waals surface area (Å²) in [4.78, 5) is 17.4. The molecule has 1 aromatic carbocycles. The summed E-state index contributed by atoms with van der Waals surface area (Å²) in [6.07, 6.45) is 1.63. The van der Waals surface area contributed by atoms with Gasteiger partial charge in [0.1, 0.15) is 40.2 Å². The van der Waals surface area contributed by atoms with Gasteiger partial charge in [0.15, 0.2) is 0 Å². The van der Waals surface area contributed by atoms with Crippen LogP contribution in [0.3, 0.4) is 0 Å². The Hall–Kier alpha value is -2.81. The highest BCUT2D eigenvalue weighted by molar-refractivity contribution is 7.13. The summed E-state index contributed by atoms with van der Waals surface area (Å²) in [5.41, 5.74) is 0.654. The zero-order chi connectivity index (χ0) is 19.4. The standard InChI is InChI=1S/C18H20FN5O2S/c1-11(17-23-21-10-24(17)3)8-20-18(25)16-12(2)22-15(27-16)9-26-14-6-4-13(19)5-7-14/h4-7,10-11H,8-9H2,1-3H3,(H,20,25). The van der Waals surface area contributed by atoms with Crippen LogP contribution in [0.5, 0.6) is 5.75 Å². The molecule has 0 aliphatic carbocycles. The topological polar surface area (TPSA) is 81.9 Å². The number of carbonyl (C=O) groups excluding carboxylic acids is 1. The van der Waals surface area contributed by atoms with Gasteiger partial charge in [0.2, 0.25) is 0 Å². The summed E-state index contributed by atoms with van der Waals surface area (Å²) in [7, 11) is 1.87. The van der Waals surface area contributed by atoms with E-state index in [2.05, 4.69) is 20.5 Å². The summed E-state index contributed by atoms with van der Waals surface area (Å²) in [6, 6.07) is 5.77. The largest absolute Gasteiger partial charge is 0.486 e. The molecule has 3 aromatic rings. The molecular formula is C18H20FN5O2S. The smallest absolute Gasteiger partial charge is 0.263 e. The fourth-order valence-electron chi connectivity index (χ4n) is 2.56. The number of nitrogens with one attached hydrogen (secondary N) is 1. The van der Waals surface area contributed by atoms with Crippen molar-refractivity contribution in [2.24, 2.45) is 7.05 Å². The lowest BCUT2D eigenvalue weighted by Gasteiger charge is -2.11. The Bertz CT molecular complexity index is 922. The lowest BCUT2D eigenvalue weighted by Crippen LogP contribution is -2.28. The third kappa shape index (κ3) is 4.68. The van der Waals surface area contributed by atoms with E-state index >= 15 is 0 Å². The van der Waals surface area contributed by atoms with E-state index in [0.29, 0.717) is 27.9 Å². The van der Waals surface area contributed by atoms with Crippen molar-refractivity contribution >= 4 is 17.2 Å². The van der Waals surface area contributed by atoms with Gasteiger partial charge >= 0.3 is 0 Å². The Morgan fingerprint density at radius 2 is 2.11 bits per heavy atom. The van der Waals surface area contributed by atoms with E-state index < -0.39 is 0 Å². The first-order valence-electron chi connectivity index (χ1n) is 8.40. The van der Waals surface area contributed by atoms with Crippen LogP contribution in [-0.4, -0.2) is 32.2 Å². The van der Waals surface area contributed by atoms with E-state index in [-0.39, 0.29) is 24.2 Å². The highest BCUT2D eigenvalue weighted by Crippen LogP contribution is 2.21. The molecule has 0 saturated heterocycles. The zero-order valence-electron chi connectivity index (χ0n) is 15.3. The average molecular weight is 389 g/mol. The minimum atomic E-state index is -0.318. The molecule has 1 amide bonds. The van der Waals surface area contributed by atoms with Gasteiger partial charge in [-0.1, -0.05) is 6.92 Å². The predicted molar refractivity (Wildman–Crippen MR) is 99.3 cm³/mol. The molecule has 0 bridgehead atoms. The van der Waals surface area contributed by atoms with Gasteiger partial charge in [-0.05, 0) is 31.2 Å². The maximum Gasteiger partial charge on any atom is 0.263 e.